The van der Waals surface area contributed by atoms with Gasteiger partial charge in [0.15, 0.2) is 5.82 Å². The van der Waals surface area contributed by atoms with Crippen LogP contribution in [0, 0.1) is 35.0 Å². The van der Waals surface area contributed by atoms with Crippen molar-refractivity contribution in [3.63, 3.8) is 0 Å². The number of carbonyl (C=O) groups is 3. The molecule has 3 aromatic heterocycles. The summed E-state index contributed by atoms with van der Waals surface area (Å²) < 4.78 is 18.8. The van der Waals surface area contributed by atoms with Crippen LogP contribution in [0.3, 0.4) is 0 Å². The molecule has 1 saturated heterocycles. The number of nitrogens with zero attached hydrogens (tertiary/aromatic N) is 7. The first-order chi connectivity index (χ1) is 30.4. The summed E-state index contributed by atoms with van der Waals surface area (Å²) in [7, 11) is 3.43. The van der Waals surface area contributed by atoms with Gasteiger partial charge in [-0.15, -0.1) is 0 Å². The number of cyclic esters (lactones) is 1. The van der Waals surface area contributed by atoms with Crippen molar-refractivity contribution in [2.45, 2.75) is 123 Å². The Labute approximate surface area is 375 Å². The summed E-state index contributed by atoms with van der Waals surface area (Å²) in [5.74, 6) is 2.45. The van der Waals surface area contributed by atoms with Crippen LogP contribution in [-0.4, -0.2) is 90.1 Å². The zero-order valence-electron chi connectivity index (χ0n) is 38.4. The van der Waals surface area contributed by atoms with E-state index in [-0.39, 0.29) is 60.3 Å². The first kappa shape index (κ1) is 46.3. The van der Waals surface area contributed by atoms with Gasteiger partial charge in [0.2, 0.25) is 11.9 Å². The summed E-state index contributed by atoms with van der Waals surface area (Å²) in [5, 5.41) is 18.5. The lowest BCUT2D eigenvalue weighted by Gasteiger charge is -2.44. The van der Waals surface area contributed by atoms with Crippen LogP contribution in [0.25, 0.3) is 22.6 Å². The van der Waals surface area contributed by atoms with E-state index in [1.54, 1.807) is 43.6 Å². The van der Waals surface area contributed by atoms with E-state index >= 15 is 0 Å². The van der Waals surface area contributed by atoms with Gasteiger partial charge in [0.1, 0.15) is 18.8 Å². The van der Waals surface area contributed by atoms with Crippen LogP contribution >= 0.6 is 0 Å². The van der Waals surface area contributed by atoms with Gasteiger partial charge in [-0.25, -0.2) is 9.97 Å². The lowest BCUT2D eigenvalue weighted by Crippen LogP contribution is -2.43. The number of aromatic nitrogens is 6. The number of benzene rings is 1. The monoisotopic (exact) mass is 876 g/mol. The number of amides is 1. The summed E-state index contributed by atoms with van der Waals surface area (Å²) in [4.78, 5) is 51.0. The fourth-order valence-electron chi connectivity index (χ4n) is 9.18. The fourth-order valence-corrected chi connectivity index (χ4v) is 9.18. The number of likely N-dealkylation sites (N-methyl/N-ethyl adjacent to an activating group) is 1. The number of aliphatic hydroxyl groups excluding tert-OH is 1. The second kappa shape index (κ2) is 19.2. The van der Waals surface area contributed by atoms with Crippen LogP contribution in [0.2, 0.25) is 0 Å². The molecule has 4 aromatic rings. The molecule has 8 atom stereocenters. The maximum absolute atomic E-state index is 12.9. The highest BCUT2D eigenvalue weighted by Gasteiger charge is 2.48. The van der Waals surface area contributed by atoms with E-state index in [0.29, 0.717) is 47.4 Å². The first-order valence-electron chi connectivity index (χ1n) is 22.7. The highest BCUT2D eigenvalue weighted by molar-refractivity contribution is 5.76. The average molecular weight is 877 g/mol. The van der Waals surface area contributed by atoms with Crippen molar-refractivity contribution >= 4 is 23.8 Å². The molecular formula is C49H64N8O7. The quantitative estimate of drug-likeness (QED) is 0.126. The van der Waals surface area contributed by atoms with Crippen LogP contribution in [0.4, 0.5) is 5.95 Å². The van der Waals surface area contributed by atoms with Gasteiger partial charge in [0.25, 0.3) is 5.89 Å². The van der Waals surface area contributed by atoms with E-state index in [0.717, 1.165) is 55.2 Å². The van der Waals surface area contributed by atoms with E-state index in [1.165, 1.54) is 10.5 Å². The Hall–Kier alpha value is -5.70. The van der Waals surface area contributed by atoms with Crippen molar-refractivity contribution < 1.29 is 33.5 Å². The molecule has 342 valence electrons. The number of hydrogen-bond donors (Lipinski definition) is 2. The van der Waals surface area contributed by atoms with Crippen molar-refractivity contribution in [1.29, 1.82) is 0 Å². The molecular weight excluding hydrogens is 813 g/mol. The standard InChI is InChI=1S/C25H38O5.C24H26N8O2/c1-6-25(4,5)24(28)30-21-12-15(2)11-17-8-7-16(3)20(23(17)21)10-9-19-13-18(26)14-22(27)29-19;1-24(19-8-9-19,18-6-4-15(5-7-18)16-10-26-23(25)27-11-16)22-29-21(34-30-22)17-12-28-32(13-17)14-20(33)31(2)3/h7-8,11,15-16,18-21,23,26H,6,9-10,12-14H2,1-5H3;4-7,10-13,19H,8-9,14H2,1-3H3,(H2,25,26,27)/t15-,16-,18+,19+,20-,21-,23-;24-/m00/s1. The van der Waals surface area contributed by atoms with Crippen molar-refractivity contribution in [3.05, 3.63) is 84.2 Å². The second-order valence-corrected chi connectivity index (χ2v) is 19.3. The third-order valence-electron chi connectivity index (χ3n) is 13.8. The van der Waals surface area contributed by atoms with Gasteiger partial charge in [-0.05, 0) is 99.7 Å². The Morgan fingerprint density at radius 3 is 2.38 bits per heavy atom. The largest absolute Gasteiger partial charge is 0.462 e. The minimum atomic E-state index is -0.601. The molecule has 0 radical (unpaired) electrons. The molecule has 15 heteroatoms. The molecule has 1 aromatic carbocycles. The second-order valence-electron chi connectivity index (χ2n) is 19.3. The molecule has 1 saturated carbocycles. The smallest absolute Gasteiger partial charge is 0.311 e. The average Bonchev–Trinajstić information content (AvgIpc) is 3.82. The van der Waals surface area contributed by atoms with Crippen LogP contribution in [0.1, 0.15) is 104 Å². The SMILES string of the molecule is CCC(C)(C)C(=O)O[C@H]1C[C@@H](C)C=C2C=C[C@H](C)[C@H](CC[C@@H]3C[C@@H](O)CC(=O)O3)[C@H]21.CN(C)C(=O)Cn1cc(-c2nc([C@@](C)(c3ccc(-c4cnc(N)nc4)cc3)C3CC3)no2)cn1. The Morgan fingerprint density at radius 1 is 1.00 bits per heavy atom. The lowest BCUT2D eigenvalue weighted by molar-refractivity contribution is -0.166. The Bertz CT molecular complexity index is 2330. The van der Waals surface area contributed by atoms with Crippen LogP contribution < -0.4 is 5.73 Å². The van der Waals surface area contributed by atoms with E-state index in [9.17, 15) is 19.5 Å². The summed E-state index contributed by atoms with van der Waals surface area (Å²) in [5.41, 5.74) is 9.72. The number of nitrogens with two attached hydrogens (primary N) is 1. The third-order valence-corrected chi connectivity index (χ3v) is 13.8. The number of esters is 2. The topological polar surface area (TPSA) is 202 Å². The summed E-state index contributed by atoms with van der Waals surface area (Å²) in [6, 6.07) is 8.31. The van der Waals surface area contributed by atoms with Gasteiger partial charge in [0, 0.05) is 50.6 Å². The maximum atomic E-state index is 12.9. The van der Waals surface area contributed by atoms with Gasteiger partial charge < -0.3 is 29.7 Å². The number of carbonyl (C=O) groups excluding carboxylic acids is 3. The predicted molar refractivity (Wildman–Crippen MR) is 241 cm³/mol. The molecule has 0 spiro atoms. The first-order valence-corrected chi connectivity index (χ1v) is 22.7. The summed E-state index contributed by atoms with van der Waals surface area (Å²) >= 11 is 0. The lowest BCUT2D eigenvalue weighted by atomic mass is 9.65. The van der Waals surface area contributed by atoms with Crippen molar-refractivity contribution in [1.82, 2.24) is 34.8 Å². The summed E-state index contributed by atoms with van der Waals surface area (Å²) in [6.07, 6.45) is 18.7. The van der Waals surface area contributed by atoms with E-state index in [1.807, 2.05) is 20.8 Å². The molecule has 4 aliphatic rings. The molecule has 2 fully saturated rings. The number of fused-ring (bicyclic) bond motifs is 1. The molecule has 3 aliphatic carbocycles. The van der Waals surface area contributed by atoms with Crippen LogP contribution in [0.15, 0.2) is 77.4 Å². The molecule has 64 heavy (non-hydrogen) atoms. The summed E-state index contributed by atoms with van der Waals surface area (Å²) in [6.45, 7) is 12.6. The van der Waals surface area contributed by atoms with Gasteiger partial charge in [0.05, 0.1) is 35.1 Å². The van der Waals surface area contributed by atoms with Crippen LogP contribution in [0.5, 0.6) is 0 Å². The van der Waals surface area contributed by atoms with Crippen molar-refractivity contribution in [3.8, 4) is 22.6 Å². The number of anilines is 1. The number of hydrogen-bond acceptors (Lipinski definition) is 13. The zero-order chi connectivity index (χ0) is 45.9. The highest BCUT2D eigenvalue weighted by atomic mass is 16.6. The van der Waals surface area contributed by atoms with Gasteiger partial charge in [-0.2, -0.15) is 10.1 Å². The Balaban J connectivity index is 0.000000193. The number of rotatable bonds is 13. The number of allylic oxidation sites excluding steroid dienone is 3. The molecule has 0 unspecified atom stereocenters. The van der Waals surface area contributed by atoms with Gasteiger partial charge in [-0.1, -0.05) is 68.4 Å². The molecule has 8 rings (SSSR count). The Morgan fingerprint density at radius 2 is 1.72 bits per heavy atom. The number of nitrogen functional groups attached to an aromatic ring is 1. The predicted octanol–water partition coefficient (Wildman–Crippen LogP) is 7.36. The minimum Gasteiger partial charge on any atom is -0.462 e. The maximum Gasteiger partial charge on any atom is 0.311 e. The molecule has 0 bridgehead atoms. The molecule has 15 nitrogen and oxygen atoms in total. The minimum absolute atomic E-state index is 0.0452. The molecule has 1 amide bonds. The van der Waals surface area contributed by atoms with E-state index in [4.69, 9.17) is 24.7 Å². The van der Waals surface area contributed by atoms with Crippen molar-refractivity contribution in [2.75, 3.05) is 19.8 Å². The number of ether oxygens (including phenoxy) is 2. The molecule has 4 heterocycles. The number of aliphatic hydroxyl groups is 1. The van der Waals surface area contributed by atoms with E-state index in [2.05, 4.69) is 83.5 Å². The van der Waals surface area contributed by atoms with Gasteiger partial charge >= 0.3 is 11.9 Å². The molecule has 3 N–H and O–H groups in total. The third kappa shape index (κ3) is 10.5. The van der Waals surface area contributed by atoms with Gasteiger partial charge in [-0.3, -0.25) is 19.1 Å². The van der Waals surface area contributed by atoms with Crippen molar-refractivity contribution in [2.24, 2.45) is 35.0 Å². The van der Waals surface area contributed by atoms with E-state index < -0.39 is 11.5 Å². The normalized spacial score (nSPS) is 25.2. The fraction of sp³-hybridized carbons (Fsp3) is 0.551. The molecule has 1 aliphatic heterocycles. The van der Waals surface area contributed by atoms with Crippen LogP contribution in [-0.2, 0) is 35.8 Å². The zero-order valence-corrected chi connectivity index (χ0v) is 38.4. The Kier molecular flexibility index (Phi) is 13.9. The highest BCUT2D eigenvalue weighted by Crippen LogP contribution is 2.51.